The van der Waals surface area contributed by atoms with E-state index in [1.807, 2.05) is 63.4 Å². The topological polar surface area (TPSA) is 118 Å². The van der Waals surface area contributed by atoms with Gasteiger partial charge in [-0.25, -0.2) is 19.3 Å². The van der Waals surface area contributed by atoms with E-state index in [4.69, 9.17) is 9.84 Å². The van der Waals surface area contributed by atoms with Crippen LogP contribution in [0.25, 0.3) is 16.6 Å². The molecule has 0 saturated carbocycles. The van der Waals surface area contributed by atoms with E-state index in [0.717, 1.165) is 46.5 Å². The SMILES string of the molecule is Cc1cc(C)nc(Nc2cccc3nn4c(C5CCN(C(=O)OC(C)(C)C)CC5)cc(=O)[nH]c4c23)n1. The van der Waals surface area contributed by atoms with Crippen LogP contribution >= 0.6 is 0 Å². The van der Waals surface area contributed by atoms with Crippen LogP contribution in [-0.2, 0) is 4.74 Å². The van der Waals surface area contributed by atoms with Gasteiger partial charge in [0.2, 0.25) is 5.95 Å². The standard InChI is InChI=1S/C26H31N7O3/c1-15-13-16(2)28-24(27-15)29-18-7-6-8-19-22(18)23-30-21(34)14-20(33(23)31-19)17-9-11-32(12-10-17)25(35)36-26(3,4)5/h6-8,13-14,17H,9-12H2,1-5H3,(H,30,34)(H,27,28,29). The van der Waals surface area contributed by atoms with Crippen molar-refractivity contribution in [2.45, 2.75) is 59.0 Å². The number of H-pyrrole nitrogens is 1. The summed E-state index contributed by atoms with van der Waals surface area (Å²) < 4.78 is 7.35. The van der Waals surface area contributed by atoms with Crippen molar-refractivity contribution < 1.29 is 9.53 Å². The molecule has 0 radical (unpaired) electrons. The average Bonchev–Trinajstić information content (AvgIpc) is 3.16. The zero-order valence-corrected chi connectivity index (χ0v) is 21.3. The number of benzene rings is 1. The maximum absolute atomic E-state index is 12.8. The van der Waals surface area contributed by atoms with Crippen LogP contribution in [0, 0.1) is 13.8 Å². The molecule has 1 amide bonds. The molecule has 0 atom stereocenters. The first-order valence-corrected chi connectivity index (χ1v) is 12.2. The van der Waals surface area contributed by atoms with Gasteiger partial charge in [0.25, 0.3) is 5.56 Å². The van der Waals surface area contributed by atoms with Crippen molar-refractivity contribution in [2.75, 3.05) is 18.4 Å². The first kappa shape index (κ1) is 23.8. The highest BCUT2D eigenvalue weighted by atomic mass is 16.6. The fourth-order valence-corrected chi connectivity index (χ4v) is 4.77. The summed E-state index contributed by atoms with van der Waals surface area (Å²) in [5.74, 6) is 0.578. The van der Waals surface area contributed by atoms with E-state index in [1.165, 1.54) is 0 Å². The van der Waals surface area contributed by atoms with Crippen LogP contribution in [0.5, 0.6) is 0 Å². The van der Waals surface area contributed by atoms with Crippen molar-refractivity contribution >= 4 is 34.3 Å². The average molecular weight is 490 g/mol. The minimum Gasteiger partial charge on any atom is -0.444 e. The first-order chi connectivity index (χ1) is 17.1. The van der Waals surface area contributed by atoms with E-state index in [2.05, 4.69) is 20.3 Å². The Labute approximate surface area is 208 Å². The molecule has 1 aliphatic rings. The Morgan fingerprint density at radius 2 is 1.81 bits per heavy atom. The lowest BCUT2D eigenvalue weighted by molar-refractivity contribution is 0.0203. The number of hydrogen-bond acceptors (Lipinski definition) is 7. The smallest absolute Gasteiger partial charge is 0.410 e. The maximum atomic E-state index is 12.8. The van der Waals surface area contributed by atoms with Gasteiger partial charge in [-0.05, 0) is 65.7 Å². The van der Waals surface area contributed by atoms with Gasteiger partial charge in [-0.2, -0.15) is 5.10 Å². The second kappa shape index (κ2) is 8.92. The quantitative estimate of drug-likeness (QED) is 0.437. The molecular weight excluding hydrogens is 458 g/mol. The highest BCUT2D eigenvalue weighted by molar-refractivity contribution is 6.02. The van der Waals surface area contributed by atoms with Crippen LogP contribution in [0.3, 0.4) is 0 Å². The molecule has 1 aromatic carbocycles. The second-order valence-electron chi connectivity index (χ2n) is 10.4. The number of carbonyl (C=O) groups excluding carboxylic acids is 1. The van der Waals surface area contributed by atoms with Gasteiger partial charge in [0, 0.05) is 36.5 Å². The summed E-state index contributed by atoms with van der Waals surface area (Å²) in [7, 11) is 0. The van der Waals surface area contributed by atoms with Crippen LogP contribution in [-0.4, -0.2) is 54.2 Å². The predicted molar refractivity (Wildman–Crippen MR) is 138 cm³/mol. The lowest BCUT2D eigenvalue weighted by atomic mass is 9.93. The number of nitrogens with zero attached hydrogens (tertiary/aromatic N) is 5. The zero-order valence-electron chi connectivity index (χ0n) is 21.3. The Balaban J connectivity index is 1.49. The molecule has 4 heterocycles. The number of aromatic amines is 1. The highest BCUT2D eigenvalue weighted by Gasteiger charge is 2.29. The summed E-state index contributed by atoms with van der Waals surface area (Å²) in [6.45, 7) is 10.6. The van der Waals surface area contributed by atoms with Gasteiger partial charge in [-0.3, -0.25) is 4.79 Å². The summed E-state index contributed by atoms with van der Waals surface area (Å²) in [6.07, 6.45) is 1.14. The van der Waals surface area contributed by atoms with Crippen LogP contribution in [0.15, 0.2) is 35.1 Å². The van der Waals surface area contributed by atoms with E-state index >= 15 is 0 Å². The van der Waals surface area contributed by atoms with Crippen molar-refractivity contribution in [3.63, 3.8) is 0 Å². The number of carbonyl (C=O) groups is 1. The van der Waals surface area contributed by atoms with Crippen LogP contribution in [0.4, 0.5) is 16.4 Å². The third-order valence-corrected chi connectivity index (χ3v) is 6.26. The number of aryl methyl sites for hydroxylation is 2. The first-order valence-electron chi connectivity index (χ1n) is 12.2. The number of hydrogen-bond donors (Lipinski definition) is 2. The minimum atomic E-state index is -0.532. The van der Waals surface area contributed by atoms with Gasteiger partial charge < -0.3 is 19.9 Å². The Bertz CT molecular complexity index is 1490. The number of piperidine rings is 1. The normalized spacial score (nSPS) is 15.0. The van der Waals surface area contributed by atoms with E-state index in [1.54, 1.807) is 11.0 Å². The number of likely N-dealkylation sites (tertiary alicyclic amines) is 1. The van der Waals surface area contributed by atoms with Gasteiger partial charge in [0.05, 0.1) is 22.3 Å². The molecule has 5 rings (SSSR count). The summed E-state index contributed by atoms with van der Waals surface area (Å²) in [6, 6.07) is 9.29. The summed E-state index contributed by atoms with van der Waals surface area (Å²) in [5, 5.41) is 8.94. The molecule has 0 bridgehead atoms. The third-order valence-electron chi connectivity index (χ3n) is 6.26. The number of rotatable bonds is 3. The van der Waals surface area contributed by atoms with Crippen molar-refractivity contribution in [1.82, 2.24) is 29.5 Å². The van der Waals surface area contributed by atoms with Gasteiger partial charge in [0.1, 0.15) is 11.2 Å². The van der Waals surface area contributed by atoms with Crippen molar-refractivity contribution in [3.8, 4) is 0 Å². The molecule has 0 unspecified atom stereocenters. The van der Waals surface area contributed by atoms with E-state index in [-0.39, 0.29) is 17.6 Å². The molecule has 1 aliphatic heterocycles. The lowest BCUT2D eigenvalue weighted by Crippen LogP contribution is -2.41. The molecule has 2 N–H and O–H groups in total. The molecule has 3 aromatic heterocycles. The molecule has 0 aliphatic carbocycles. The second-order valence-corrected chi connectivity index (χ2v) is 10.4. The van der Waals surface area contributed by atoms with Crippen molar-refractivity contribution in [3.05, 3.63) is 57.8 Å². The van der Waals surface area contributed by atoms with Crippen LogP contribution in [0.1, 0.15) is 56.6 Å². The fourth-order valence-electron chi connectivity index (χ4n) is 4.77. The fraction of sp³-hybridized carbons (Fsp3) is 0.423. The van der Waals surface area contributed by atoms with E-state index in [9.17, 15) is 9.59 Å². The molecule has 10 heteroatoms. The number of amides is 1. The Kier molecular flexibility index (Phi) is 5.89. The number of ether oxygens (including phenoxy) is 1. The minimum absolute atomic E-state index is 0.0852. The van der Waals surface area contributed by atoms with Crippen LogP contribution < -0.4 is 10.9 Å². The van der Waals surface area contributed by atoms with Gasteiger partial charge in [-0.1, -0.05) is 6.07 Å². The Morgan fingerprint density at radius 3 is 2.47 bits per heavy atom. The molecule has 1 fully saturated rings. The molecular formula is C26H31N7O3. The molecule has 1 saturated heterocycles. The molecule has 188 valence electrons. The summed E-state index contributed by atoms with van der Waals surface area (Å²) >= 11 is 0. The highest BCUT2D eigenvalue weighted by Crippen LogP contribution is 2.32. The summed E-state index contributed by atoms with van der Waals surface area (Å²) in [5.41, 5.74) is 3.98. The Hall–Kier alpha value is -3.95. The van der Waals surface area contributed by atoms with Gasteiger partial charge in [-0.15, -0.1) is 0 Å². The molecule has 0 spiro atoms. The molecule has 10 nitrogen and oxygen atoms in total. The predicted octanol–water partition coefficient (Wildman–Crippen LogP) is 4.44. The van der Waals surface area contributed by atoms with Crippen molar-refractivity contribution in [1.29, 1.82) is 0 Å². The van der Waals surface area contributed by atoms with E-state index < -0.39 is 5.60 Å². The largest absolute Gasteiger partial charge is 0.444 e. The monoisotopic (exact) mass is 489 g/mol. The number of anilines is 2. The molecule has 4 aromatic rings. The maximum Gasteiger partial charge on any atom is 0.410 e. The third kappa shape index (κ3) is 4.75. The number of aromatic nitrogens is 5. The van der Waals surface area contributed by atoms with Crippen molar-refractivity contribution in [2.24, 2.45) is 0 Å². The summed E-state index contributed by atoms with van der Waals surface area (Å²) in [4.78, 5) is 38.9. The van der Waals surface area contributed by atoms with Gasteiger partial charge in [0.15, 0.2) is 0 Å². The Morgan fingerprint density at radius 1 is 1.11 bits per heavy atom. The van der Waals surface area contributed by atoms with E-state index in [0.29, 0.717) is 24.7 Å². The number of fused-ring (bicyclic) bond motifs is 3. The van der Waals surface area contributed by atoms with Crippen LogP contribution in [0.2, 0.25) is 0 Å². The lowest BCUT2D eigenvalue weighted by Gasteiger charge is -2.33. The number of nitrogens with one attached hydrogen (secondary N) is 2. The van der Waals surface area contributed by atoms with Gasteiger partial charge >= 0.3 is 6.09 Å². The molecule has 36 heavy (non-hydrogen) atoms. The zero-order chi connectivity index (χ0) is 25.6.